The van der Waals surface area contributed by atoms with Crippen LogP contribution in [0.15, 0.2) is 0 Å². The molecule has 0 bridgehead atoms. The molecule has 3 heteroatoms. The number of nitrogens with zero attached hydrogens (tertiary/aromatic N) is 1. The van der Waals surface area contributed by atoms with Crippen molar-refractivity contribution in [2.75, 3.05) is 19.6 Å². The third kappa shape index (κ3) is 14.7. The molecule has 1 aliphatic heterocycles. The second-order valence-corrected chi connectivity index (χ2v) is 7.16. The van der Waals surface area contributed by atoms with Crippen molar-refractivity contribution >= 4 is 17.4 Å². The van der Waals surface area contributed by atoms with Gasteiger partial charge in [0.2, 0.25) is 0 Å². The first-order valence-corrected chi connectivity index (χ1v) is 10.00. The molecule has 130 valence electrons. The molecular weight excluding hydrogens is 288 g/mol. The molecule has 0 radical (unpaired) electrons. The summed E-state index contributed by atoms with van der Waals surface area (Å²) in [5.74, 6) is 0.979. The number of isothiocyanates is 1. The van der Waals surface area contributed by atoms with Crippen LogP contribution >= 0.6 is 12.2 Å². The number of unbranched alkanes of at least 4 members (excludes halogenated alkanes) is 9. The van der Waals surface area contributed by atoms with Gasteiger partial charge in [-0.05, 0) is 25.7 Å². The van der Waals surface area contributed by atoms with Gasteiger partial charge < -0.3 is 10.3 Å². The molecule has 0 aromatic rings. The predicted molar refractivity (Wildman–Crippen MR) is 102 cm³/mol. The number of rotatable bonds is 11. The first kappa shape index (κ1) is 21.8. The molecule has 1 rings (SSSR count). The van der Waals surface area contributed by atoms with E-state index < -0.39 is 0 Å². The van der Waals surface area contributed by atoms with Crippen LogP contribution in [-0.4, -0.2) is 24.8 Å². The van der Waals surface area contributed by atoms with Gasteiger partial charge in [0.25, 0.3) is 0 Å². The Morgan fingerprint density at radius 1 is 1.00 bits per heavy atom. The number of nitrogens with one attached hydrogen (secondary N) is 1. The van der Waals surface area contributed by atoms with E-state index in [0.717, 1.165) is 5.92 Å². The average Bonchev–Trinajstić information content (AvgIpc) is 2.50. The summed E-state index contributed by atoms with van der Waals surface area (Å²) in [7, 11) is 0. The molecule has 2 atom stereocenters. The van der Waals surface area contributed by atoms with Gasteiger partial charge in [0, 0.05) is 5.92 Å². The normalized spacial score (nSPS) is 20.8. The number of quaternary nitrogens is 1. The highest BCUT2D eigenvalue weighted by atomic mass is 32.1. The summed E-state index contributed by atoms with van der Waals surface area (Å²) in [6.45, 7) is 9.06. The summed E-state index contributed by atoms with van der Waals surface area (Å²) in [5.41, 5.74) is 0. The zero-order valence-electron chi connectivity index (χ0n) is 15.0. The van der Waals surface area contributed by atoms with E-state index in [1.807, 2.05) is 4.90 Å². The maximum Gasteiger partial charge on any atom is 0.0796 e. The van der Waals surface area contributed by atoms with Gasteiger partial charge in [-0.1, -0.05) is 77.4 Å². The fourth-order valence-corrected chi connectivity index (χ4v) is 3.49. The Hall–Kier alpha value is -0.240. The van der Waals surface area contributed by atoms with Crippen molar-refractivity contribution in [2.45, 2.75) is 90.9 Å². The van der Waals surface area contributed by atoms with Crippen LogP contribution in [0.2, 0.25) is 0 Å². The molecule has 22 heavy (non-hydrogen) atoms. The maximum atomic E-state index is 7.13. The lowest BCUT2D eigenvalue weighted by Crippen LogP contribution is -3.13. The van der Waals surface area contributed by atoms with Gasteiger partial charge in [0.05, 0.1) is 19.6 Å². The third-order valence-electron chi connectivity index (χ3n) is 4.75. The zero-order valence-corrected chi connectivity index (χ0v) is 15.9. The number of piperidine rings is 1. The number of likely N-dealkylation sites (tertiary alicyclic amines) is 1. The standard InChI is InChI=1S/C18H37N.CNS/c1-3-4-5-6-7-8-9-10-11-12-15-19-16-13-14-18(2)17-19;2-1-3/h18H,3-17H2,1-2H3;/q;-1/p+1. The van der Waals surface area contributed by atoms with Gasteiger partial charge >= 0.3 is 0 Å². The highest BCUT2D eigenvalue weighted by Gasteiger charge is 2.18. The van der Waals surface area contributed by atoms with Crippen molar-refractivity contribution in [3.05, 3.63) is 5.41 Å². The molecule has 0 amide bonds. The molecule has 1 saturated heterocycles. The molecule has 0 aromatic heterocycles. The van der Waals surface area contributed by atoms with Gasteiger partial charge in [-0.2, -0.15) is 5.16 Å². The Labute approximate surface area is 144 Å². The summed E-state index contributed by atoms with van der Waals surface area (Å²) in [6.07, 6.45) is 17.6. The quantitative estimate of drug-likeness (QED) is 0.327. The van der Waals surface area contributed by atoms with Crippen molar-refractivity contribution in [3.63, 3.8) is 0 Å². The fraction of sp³-hybridized carbons (Fsp3) is 0.947. The highest BCUT2D eigenvalue weighted by Crippen LogP contribution is 2.10. The first-order valence-electron chi connectivity index (χ1n) is 9.59. The lowest BCUT2D eigenvalue weighted by atomic mass is 10.00. The van der Waals surface area contributed by atoms with E-state index in [2.05, 4.69) is 26.1 Å². The lowest BCUT2D eigenvalue weighted by molar-refractivity contribution is -0.908. The summed E-state index contributed by atoms with van der Waals surface area (Å²) >= 11 is 3.70. The number of thiocarbonyl (C=S) groups is 1. The second-order valence-electron chi connectivity index (χ2n) is 6.97. The van der Waals surface area contributed by atoms with E-state index in [9.17, 15) is 0 Å². The molecule has 2 nitrogen and oxygen atoms in total. The summed E-state index contributed by atoms with van der Waals surface area (Å²) in [6, 6.07) is 0. The van der Waals surface area contributed by atoms with Crippen LogP contribution in [0.25, 0.3) is 5.41 Å². The minimum absolute atomic E-state index is 0.979. The number of hydrogen-bond donors (Lipinski definition) is 1. The zero-order chi connectivity index (χ0) is 16.5. The lowest BCUT2D eigenvalue weighted by Gasteiger charge is -2.27. The fourth-order valence-electron chi connectivity index (χ4n) is 3.49. The van der Waals surface area contributed by atoms with Crippen LogP contribution in [0.3, 0.4) is 0 Å². The Kier molecular flexibility index (Phi) is 16.9. The molecule has 0 aliphatic carbocycles. The molecule has 0 spiro atoms. The van der Waals surface area contributed by atoms with Crippen molar-refractivity contribution in [1.82, 2.24) is 0 Å². The molecule has 1 aliphatic rings. The van der Waals surface area contributed by atoms with Crippen LogP contribution in [-0.2, 0) is 0 Å². The molecular formula is C19H38N2S. The second kappa shape index (κ2) is 17.1. The van der Waals surface area contributed by atoms with E-state index >= 15 is 0 Å². The Morgan fingerprint density at radius 2 is 1.50 bits per heavy atom. The molecule has 0 saturated carbocycles. The van der Waals surface area contributed by atoms with Crippen molar-refractivity contribution in [3.8, 4) is 0 Å². The van der Waals surface area contributed by atoms with Gasteiger partial charge in [-0.3, -0.25) is 0 Å². The topological polar surface area (TPSA) is 26.7 Å². The van der Waals surface area contributed by atoms with Gasteiger partial charge in [-0.15, -0.1) is 0 Å². The largest absolute Gasteiger partial charge is 0.753 e. The summed E-state index contributed by atoms with van der Waals surface area (Å²) in [4.78, 5) is 1.89. The third-order valence-corrected chi connectivity index (χ3v) is 4.75. The van der Waals surface area contributed by atoms with Gasteiger partial charge in [0.15, 0.2) is 0 Å². The summed E-state index contributed by atoms with van der Waals surface area (Å²) < 4.78 is 0. The van der Waals surface area contributed by atoms with Crippen LogP contribution < -0.4 is 4.90 Å². The highest BCUT2D eigenvalue weighted by molar-refractivity contribution is 7.78. The predicted octanol–water partition coefficient (Wildman–Crippen LogP) is 4.88. The minimum atomic E-state index is 0.979. The Morgan fingerprint density at radius 3 is 2.00 bits per heavy atom. The van der Waals surface area contributed by atoms with Gasteiger partial charge in [0.1, 0.15) is 0 Å². The SMILES string of the molecule is CCCCCCCCCCCC[NH+]1CCCC(C)C1.[N-]=C=S. The van der Waals surface area contributed by atoms with Crippen molar-refractivity contribution in [2.24, 2.45) is 5.92 Å². The molecule has 1 heterocycles. The van der Waals surface area contributed by atoms with Crippen molar-refractivity contribution < 1.29 is 4.90 Å². The van der Waals surface area contributed by atoms with Crippen LogP contribution in [0, 0.1) is 5.92 Å². The van der Waals surface area contributed by atoms with E-state index in [1.165, 1.54) is 102 Å². The Balaban J connectivity index is 0.00000135. The number of hydrogen-bond acceptors (Lipinski definition) is 1. The first-order chi connectivity index (χ1) is 10.7. The molecule has 0 aromatic carbocycles. The van der Waals surface area contributed by atoms with Gasteiger partial charge in [-0.25, -0.2) is 0 Å². The monoisotopic (exact) mass is 326 g/mol. The van der Waals surface area contributed by atoms with Crippen LogP contribution in [0.5, 0.6) is 0 Å². The van der Waals surface area contributed by atoms with Crippen LogP contribution in [0.4, 0.5) is 0 Å². The Bertz CT molecular complexity index is 262. The summed E-state index contributed by atoms with van der Waals surface area (Å²) in [5, 5.41) is 8.47. The molecule has 1 N–H and O–H groups in total. The van der Waals surface area contributed by atoms with Crippen molar-refractivity contribution in [1.29, 1.82) is 0 Å². The maximum absolute atomic E-state index is 7.13. The van der Waals surface area contributed by atoms with Crippen LogP contribution in [0.1, 0.15) is 90.9 Å². The average molecular weight is 327 g/mol. The minimum Gasteiger partial charge on any atom is -0.753 e. The van der Waals surface area contributed by atoms with E-state index in [-0.39, 0.29) is 0 Å². The van der Waals surface area contributed by atoms with E-state index in [0.29, 0.717) is 0 Å². The smallest absolute Gasteiger partial charge is 0.0796 e. The van der Waals surface area contributed by atoms with E-state index in [1.54, 1.807) is 0 Å². The molecule has 2 unspecified atom stereocenters. The molecule has 1 fully saturated rings. The van der Waals surface area contributed by atoms with E-state index in [4.69, 9.17) is 5.41 Å².